The lowest BCUT2D eigenvalue weighted by atomic mass is 10.1. The summed E-state index contributed by atoms with van der Waals surface area (Å²) in [7, 11) is 0. The molecule has 0 spiro atoms. The Hall–Kier alpha value is -2.30. The Bertz CT molecular complexity index is 689. The molecule has 22 heavy (non-hydrogen) atoms. The van der Waals surface area contributed by atoms with E-state index in [9.17, 15) is 10.2 Å². The minimum Gasteiger partial charge on any atom is -0.396 e. The molecule has 1 saturated heterocycles. The van der Waals surface area contributed by atoms with Crippen LogP contribution in [0.15, 0.2) is 17.8 Å². The van der Waals surface area contributed by atoms with Gasteiger partial charge in [-0.2, -0.15) is 0 Å². The third kappa shape index (κ3) is 2.36. The van der Waals surface area contributed by atoms with Gasteiger partial charge in [-0.25, -0.2) is 15.0 Å². The summed E-state index contributed by atoms with van der Waals surface area (Å²) in [5, 5.41) is 23.9. The van der Waals surface area contributed by atoms with E-state index in [1.807, 2.05) is 0 Å². The van der Waals surface area contributed by atoms with Crippen LogP contribution >= 0.6 is 0 Å². The molecule has 1 fully saturated rings. The van der Waals surface area contributed by atoms with Crippen molar-refractivity contribution in [2.75, 3.05) is 12.3 Å². The van der Waals surface area contributed by atoms with Crippen molar-refractivity contribution in [3.63, 3.8) is 0 Å². The molecule has 3 heterocycles. The molecule has 0 amide bonds. The third-order valence-electron chi connectivity index (χ3n) is 3.35. The third-order valence-corrected chi connectivity index (χ3v) is 3.35. The summed E-state index contributed by atoms with van der Waals surface area (Å²) in [6, 6.07) is 0. The van der Waals surface area contributed by atoms with E-state index in [0.29, 0.717) is 17.8 Å². The molecule has 118 valence electrons. The number of ether oxygens (including phenoxy) is 1. The van der Waals surface area contributed by atoms with Gasteiger partial charge in [0.25, 0.3) is 0 Å². The first-order valence-corrected chi connectivity index (χ1v) is 6.73. The standard InChI is InChI=1S/C12H16N6O4/c1-2-21-17-3-6-8(19)9(20)12(22-6)18-5-16-7-10(13)14-4-15-11(7)18/h3-6,8-9,12,19-20H,2H2,1H3,(H2,13,14,15)/t6-,8-,9-,12-/m1/s1. The quantitative estimate of drug-likeness (QED) is 0.485. The van der Waals surface area contributed by atoms with Crippen LogP contribution in [0.2, 0.25) is 0 Å². The highest BCUT2D eigenvalue weighted by molar-refractivity contribution is 5.81. The molecule has 0 saturated carbocycles. The van der Waals surface area contributed by atoms with Crippen molar-refractivity contribution < 1.29 is 19.8 Å². The summed E-state index contributed by atoms with van der Waals surface area (Å²) in [5.41, 5.74) is 6.53. The lowest BCUT2D eigenvalue weighted by Gasteiger charge is -2.16. The fourth-order valence-corrected chi connectivity index (χ4v) is 2.27. The lowest BCUT2D eigenvalue weighted by Crippen LogP contribution is -2.32. The molecule has 2 aromatic rings. The smallest absolute Gasteiger partial charge is 0.167 e. The SMILES string of the molecule is CCON=C[C@H]1O[C@@H](n2cnc3c(N)ncnc32)[C@H](O)[C@@H]1O. The van der Waals surface area contributed by atoms with E-state index in [4.69, 9.17) is 15.3 Å². The first-order chi connectivity index (χ1) is 10.6. The molecular weight excluding hydrogens is 292 g/mol. The number of oxime groups is 1. The number of hydrogen-bond donors (Lipinski definition) is 3. The maximum atomic E-state index is 10.2. The molecule has 3 rings (SSSR count). The van der Waals surface area contributed by atoms with Gasteiger partial charge in [-0.15, -0.1) is 0 Å². The van der Waals surface area contributed by atoms with Crippen LogP contribution in [0.25, 0.3) is 11.2 Å². The van der Waals surface area contributed by atoms with Crippen molar-refractivity contribution in [2.45, 2.75) is 31.5 Å². The number of nitrogen functional groups attached to an aromatic ring is 1. The molecule has 1 aliphatic rings. The molecule has 4 atom stereocenters. The molecule has 1 aliphatic heterocycles. The maximum Gasteiger partial charge on any atom is 0.167 e. The Kier molecular flexibility index (Phi) is 3.88. The lowest BCUT2D eigenvalue weighted by molar-refractivity contribution is -0.0216. The van der Waals surface area contributed by atoms with Crippen LogP contribution in [-0.2, 0) is 9.57 Å². The van der Waals surface area contributed by atoms with E-state index < -0.39 is 24.5 Å². The molecule has 0 aliphatic carbocycles. The Labute approximate surface area is 125 Å². The van der Waals surface area contributed by atoms with Gasteiger partial charge < -0.3 is 25.5 Å². The summed E-state index contributed by atoms with van der Waals surface area (Å²) >= 11 is 0. The van der Waals surface area contributed by atoms with Crippen molar-refractivity contribution in [1.29, 1.82) is 0 Å². The summed E-state index contributed by atoms with van der Waals surface area (Å²) < 4.78 is 7.11. The van der Waals surface area contributed by atoms with Gasteiger partial charge in [-0.3, -0.25) is 4.57 Å². The number of aliphatic hydroxyl groups excluding tert-OH is 2. The molecule has 0 radical (unpaired) electrons. The summed E-state index contributed by atoms with van der Waals surface area (Å²) in [6.07, 6.45) is 0.0351. The van der Waals surface area contributed by atoms with Crippen LogP contribution in [0.1, 0.15) is 13.2 Å². The number of nitrogens with zero attached hydrogens (tertiary/aromatic N) is 5. The Morgan fingerprint density at radius 1 is 1.41 bits per heavy atom. The van der Waals surface area contributed by atoms with Crippen molar-refractivity contribution in [3.05, 3.63) is 12.7 Å². The zero-order chi connectivity index (χ0) is 15.7. The molecule has 0 aromatic carbocycles. The van der Waals surface area contributed by atoms with E-state index in [2.05, 4.69) is 20.1 Å². The number of nitrogens with two attached hydrogens (primary N) is 1. The van der Waals surface area contributed by atoms with Gasteiger partial charge in [0, 0.05) is 0 Å². The zero-order valence-corrected chi connectivity index (χ0v) is 11.8. The summed E-state index contributed by atoms with van der Waals surface area (Å²) in [6.45, 7) is 2.18. The van der Waals surface area contributed by atoms with Crippen molar-refractivity contribution >= 4 is 23.2 Å². The fourth-order valence-electron chi connectivity index (χ4n) is 2.27. The first kappa shape index (κ1) is 14.6. The van der Waals surface area contributed by atoms with E-state index in [1.54, 1.807) is 6.92 Å². The van der Waals surface area contributed by atoms with Gasteiger partial charge in [0.2, 0.25) is 0 Å². The summed E-state index contributed by atoms with van der Waals surface area (Å²) in [5.74, 6) is 0.228. The van der Waals surface area contributed by atoms with Gasteiger partial charge in [0.05, 0.1) is 12.5 Å². The average Bonchev–Trinajstić information content (AvgIpc) is 3.05. The van der Waals surface area contributed by atoms with E-state index in [-0.39, 0.29) is 5.82 Å². The molecule has 4 N–H and O–H groups in total. The highest BCUT2D eigenvalue weighted by Crippen LogP contribution is 2.31. The van der Waals surface area contributed by atoms with Crippen molar-refractivity contribution in [1.82, 2.24) is 19.5 Å². The van der Waals surface area contributed by atoms with Gasteiger partial charge in [0.1, 0.15) is 36.8 Å². The van der Waals surface area contributed by atoms with Crippen LogP contribution < -0.4 is 5.73 Å². The second-order valence-corrected chi connectivity index (χ2v) is 4.73. The fraction of sp³-hybridized carbons (Fsp3) is 0.500. The predicted octanol–water partition coefficient (Wildman–Crippen LogP) is -0.950. The molecule has 2 aromatic heterocycles. The second-order valence-electron chi connectivity index (χ2n) is 4.73. The van der Waals surface area contributed by atoms with Crippen molar-refractivity contribution in [3.8, 4) is 0 Å². The Balaban J connectivity index is 1.89. The van der Waals surface area contributed by atoms with Crippen LogP contribution in [0.3, 0.4) is 0 Å². The molecule has 10 heteroatoms. The van der Waals surface area contributed by atoms with E-state index >= 15 is 0 Å². The molecule has 0 bridgehead atoms. The number of aromatic nitrogens is 4. The Morgan fingerprint density at radius 3 is 3.00 bits per heavy atom. The second kappa shape index (κ2) is 5.83. The van der Waals surface area contributed by atoms with Gasteiger partial charge in [0.15, 0.2) is 17.7 Å². The molecule has 10 nitrogen and oxygen atoms in total. The van der Waals surface area contributed by atoms with E-state index in [1.165, 1.54) is 23.4 Å². The topological polar surface area (TPSA) is 141 Å². The predicted molar refractivity (Wildman–Crippen MR) is 75.8 cm³/mol. The highest BCUT2D eigenvalue weighted by Gasteiger charge is 2.43. The van der Waals surface area contributed by atoms with Gasteiger partial charge >= 0.3 is 0 Å². The summed E-state index contributed by atoms with van der Waals surface area (Å²) in [4.78, 5) is 16.9. The normalized spacial score (nSPS) is 28.7. The van der Waals surface area contributed by atoms with Gasteiger partial charge in [-0.1, -0.05) is 5.16 Å². The molecule has 0 unspecified atom stereocenters. The number of rotatable bonds is 4. The van der Waals surface area contributed by atoms with Crippen LogP contribution in [0.5, 0.6) is 0 Å². The van der Waals surface area contributed by atoms with Crippen LogP contribution in [0, 0.1) is 0 Å². The largest absolute Gasteiger partial charge is 0.396 e. The zero-order valence-electron chi connectivity index (χ0n) is 11.8. The number of hydrogen-bond acceptors (Lipinski definition) is 9. The van der Waals surface area contributed by atoms with Crippen LogP contribution in [-0.4, -0.2) is 60.9 Å². The van der Waals surface area contributed by atoms with Crippen LogP contribution in [0.4, 0.5) is 5.82 Å². The first-order valence-electron chi connectivity index (χ1n) is 6.73. The minimum atomic E-state index is -1.17. The highest BCUT2D eigenvalue weighted by atomic mass is 16.6. The van der Waals surface area contributed by atoms with E-state index in [0.717, 1.165) is 0 Å². The monoisotopic (exact) mass is 308 g/mol. The maximum absolute atomic E-state index is 10.2. The molecular formula is C12H16N6O4. The average molecular weight is 308 g/mol. The number of anilines is 1. The van der Waals surface area contributed by atoms with Crippen molar-refractivity contribution in [2.24, 2.45) is 5.16 Å². The number of aliphatic hydroxyl groups is 2. The number of imidazole rings is 1. The van der Waals surface area contributed by atoms with Gasteiger partial charge in [-0.05, 0) is 6.92 Å². The minimum absolute atomic E-state index is 0.228. The number of fused-ring (bicyclic) bond motifs is 1. The Morgan fingerprint density at radius 2 is 2.23 bits per heavy atom.